The van der Waals surface area contributed by atoms with Crippen LogP contribution in [-0.4, -0.2) is 26.4 Å². The van der Waals surface area contributed by atoms with Gasteiger partial charge in [0.1, 0.15) is 11.0 Å². The normalized spacial score (nSPS) is 10.9. The first-order valence-corrected chi connectivity index (χ1v) is 6.67. The number of rotatable bonds is 5. The monoisotopic (exact) mass is 276 g/mol. The van der Waals surface area contributed by atoms with Crippen molar-refractivity contribution < 1.29 is 0 Å². The Morgan fingerprint density at radius 3 is 2.68 bits per heavy atom. The average molecular weight is 277 g/mol. The van der Waals surface area contributed by atoms with Crippen LogP contribution in [0.4, 0.5) is 0 Å². The SMILES string of the molecule is CCN(Cc1ccccn1)Cc1nc(C)cc(Cl)n1. The van der Waals surface area contributed by atoms with Gasteiger partial charge in [-0.2, -0.15) is 0 Å². The molecule has 0 amide bonds. The molecule has 4 nitrogen and oxygen atoms in total. The predicted molar refractivity (Wildman–Crippen MR) is 75.8 cm³/mol. The molecule has 2 heterocycles. The second-order valence-corrected chi connectivity index (χ2v) is 4.76. The fraction of sp³-hybridized carbons (Fsp3) is 0.357. The molecule has 0 bridgehead atoms. The van der Waals surface area contributed by atoms with E-state index in [1.54, 1.807) is 6.07 Å². The summed E-state index contributed by atoms with van der Waals surface area (Å²) in [6.07, 6.45) is 1.81. The largest absolute Gasteiger partial charge is 0.290 e. The highest BCUT2D eigenvalue weighted by molar-refractivity contribution is 6.29. The van der Waals surface area contributed by atoms with Crippen LogP contribution in [0.5, 0.6) is 0 Å². The van der Waals surface area contributed by atoms with E-state index in [-0.39, 0.29) is 0 Å². The molecule has 0 N–H and O–H groups in total. The summed E-state index contributed by atoms with van der Waals surface area (Å²) in [7, 11) is 0. The van der Waals surface area contributed by atoms with Crippen LogP contribution in [0.15, 0.2) is 30.5 Å². The number of halogens is 1. The quantitative estimate of drug-likeness (QED) is 0.788. The molecule has 0 aliphatic rings. The van der Waals surface area contributed by atoms with Gasteiger partial charge in [-0.15, -0.1) is 0 Å². The molecule has 0 aliphatic heterocycles. The van der Waals surface area contributed by atoms with Gasteiger partial charge in [-0.25, -0.2) is 9.97 Å². The van der Waals surface area contributed by atoms with Crippen molar-refractivity contribution in [2.45, 2.75) is 26.9 Å². The molecule has 0 fully saturated rings. The lowest BCUT2D eigenvalue weighted by atomic mass is 10.3. The highest BCUT2D eigenvalue weighted by Crippen LogP contribution is 2.10. The van der Waals surface area contributed by atoms with E-state index in [2.05, 4.69) is 26.8 Å². The molecule has 2 rings (SSSR count). The fourth-order valence-electron chi connectivity index (χ4n) is 1.86. The topological polar surface area (TPSA) is 41.9 Å². The summed E-state index contributed by atoms with van der Waals surface area (Å²) in [5.74, 6) is 0.753. The summed E-state index contributed by atoms with van der Waals surface area (Å²) in [5, 5.41) is 0.497. The van der Waals surface area contributed by atoms with Crippen molar-refractivity contribution >= 4 is 11.6 Å². The first-order valence-electron chi connectivity index (χ1n) is 6.29. The lowest BCUT2D eigenvalue weighted by Crippen LogP contribution is -2.24. The second kappa shape index (κ2) is 6.59. The van der Waals surface area contributed by atoms with Gasteiger partial charge in [0, 0.05) is 18.4 Å². The molecule has 0 unspecified atom stereocenters. The van der Waals surface area contributed by atoms with E-state index < -0.39 is 0 Å². The summed E-state index contributed by atoms with van der Waals surface area (Å²) in [5.41, 5.74) is 1.94. The minimum absolute atomic E-state index is 0.497. The fourth-order valence-corrected chi connectivity index (χ4v) is 2.12. The molecule has 0 atom stereocenters. The van der Waals surface area contributed by atoms with Crippen molar-refractivity contribution in [1.82, 2.24) is 19.9 Å². The van der Waals surface area contributed by atoms with E-state index in [1.807, 2.05) is 31.3 Å². The molecule has 0 radical (unpaired) electrons. The van der Waals surface area contributed by atoms with Crippen molar-refractivity contribution in [3.8, 4) is 0 Å². The predicted octanol–water partition coefficient (Wildman–Crippen LogP) is 2.86. The van der Waals surface area contributed by atoms with Crippen LogP contribution in [0.1, 0.15) is 24.1 Å². The maximum absolute atomic E-state index is 5.95. The Hall–Kier alpha value is -1.52. The van der Waals surface area contributed by atoms with E-state index in [1.165, 1.54) is 0 Å². The number of pyridine rings is 1. The first-order chi connectivity index (χ1) is 9.17. The molecule has 19 heavy (non-hydrogen) atoms. The van der Waals surface area contributed by atoms with Crippen LogP contribution in [-0.2, 0) is 13.1 Å². The summed E-state index contributed by atoms with van der Waals surface area (Å²) in [6, 6.07) is 7.70. The van der Waals surface area contributed by atoms with Crippen LogP contribution in [0.25, 0.3) is 0 Å². The first kappa shape index (κ1) is 13.9. The Morgan fingerprint density at radius 1 is 1.21 bits per heavy atom. The highest BCUT2D eigenvalue weighted by Gasteiger charge is 2.08. The van der Waals surface area contributed by atoms with E-state index in [9.17, 15) is 0 Å². The zero-order valence-electron chi connectivity index (χ0n) is 11.2. The van der Waals surface area contributed by atoms with Gasteiger partial charge in [0.05, 0.1) is 12.2 Å². The third kappa shape index (κ3) is 4.26. The van der Waals surface area contributed by atoms with Crippen molar-refractivity contribution in [3.05, 3.63) is 52.8 Å². The van der Waals surface area contributed by atoms with Crippen molar-refractivity contribution in [2.75, 3.05) is 6.54 Å². The van der Waals surface area contributed by atoms with Crippen LogP contribution in [0, 0.1) is 6.92 Å². The van der Waals surface area contributed by atoms with Gasteiger partial charge in [0.25, 0.3) is 0 Å². The molecule has 2 aromatic heterocycles. The number of hydrogen-bond acceptors (Lipinski definition) is 4. The lowest BCUT2D eigenvalue weighted by molar-refractivity contribution is 0.261. The smallest absolute Gasteiger partial charge is 0.144 e. The maximum Gasteiger partial charge on any atom is 0.144 e. The Morgan fingerprint density at radius 2 is 2.05 bits per heavy atom. The summed E-state index contributed by atoms with van der Waals surface area (Å²) in [6.45, 7) is 6.40. The van der Waals surface area contributed by atoms with Crippen LogP contribution >= 0.6 is 11.6 Å². The standard InChI is InChI=1S/C14H17ClN4/c1-3-19(9-12-6-4-5-7-16-12)10-14-17-11(2)8-13(15)18-14/h4-8H,3,9-10H2,1-2H3. The maximum atomic E-state index is 5.95. The van der Waals surface area contributed by atoms with Crippen molar-refractivity contribution in [3.63, 3.8) is 0 Å². The van der Waals surface area contributed by atoms with Gasteiger partial charge >= 0.3 is 0 Å². The Bertz CT molecular complexity index is 510. The molecular weight excluding hydrogens is 260 g/mol. The number of nitrogens with zero attached hydrogens (tertiary/aromatic N) is 4. The zero-order valence-corrected chi connectivity index (χ0v) is 11.9. The molecule has 0 saturated carbocycles. The Balaban J connectivity index is 2.06. The van der Waals surface area contributed by atoms with Gasteiger partial charge in [0.15, 0.2) is 0 Å². The minimum Gasteiger partial charge on any atom is -0.290 e. The summed E-state index contributed by atoms with van der Waals surface area (Å²) in [4.78, 5) is 15.2. The van der Waals surface area contributed by atoms with E-state index in [0.29, 0.717) is 11.7 Å². The second-order valence-electron chi connectivity index (χ2n) is 4.37. The molecule has 0 saturated heterocycles. The Labute approximate surface area is 118 Å². The number of aryl methyl sites for hydroxylation is 1. The van der Waals surface area contributed by atoms with Crippen LogP contribution < -0.4 is 0 Å². The van der Waals surface area contributed by atoms with Gasteiger partial charge in [-0.05, 0) is 31.7 Å². The molecular formula is C14H17ClN4. The van der Waals surface area contributed by atoms with Crippen molar-refractivity contribution in [2.24, 2.45) is 0 Å². The highest BCUT2D eigenvalue weighted by atomic mass is 35.5. The van der Waals surface area contributed by atoms with Gasteiger partial charge in [0.2, 0.25) is 0 Å². The molecule has 0 spiro atoms. The molecule has 0 aromatic carbocycles. The van der Waals surface area contributed by atoms with E-state index in [4.69, 9.17) is 11.6 Å². The summed E-state index contributed by atoms with van der Waals surface area (Å²) < 4.78 is 0. The third-order valence-electron chi connectivity index (χ3n) is 2.79. The molecule has 5 heteroatoms. The van der Waals surface area contributed by atoms with E-state index in [0.717, 1.165) is 30.3 Å². The summed E-state index contributed by atoms with van der Waals surface area (Å²) >= 11 is 5.95. The number of aromatic nitrogens is 3. The number of hydrogen-bond donors (Lipinski definition) is 0. The Kier molecular flexibility index (Phi) is 4.82. The molecule has 0 aliphatic carbocycles. The van der Waals surface area contributed by atoms with Crippen LogP contribution in [0.2, 0.25) is 5.15 Å². The third-order valence-corrected chi connectivity index (χ3v) is 2.99. The molecule has 2 aromatic rings. The van der Waals surface area contributed by atoms with Gasteiger partial charge < -0.3 is 0 Å². The van der Waals surface area contributed by atoms with Gasteiger partial charge in [-0.1, -0.05) is 24.6 Å². The van der Waals surface area contributed by atoms with E-state index >= 15 is 0 Å². The zero-order chi connectivity index (χ0) is 13.7. The van der Waals surface area contributed by atoms with Gasteiger partial charge in [-0.3, -0.25) is 9.88 Å². The lowest BCUT2D eigenvalue weighted by Gasteiger charge is -2.19. The van der Waals surface area contributed by atoms with Crippen LogP contribution in [0.3, 0.4) is 0 Å². The minimum atomic E-state index is 0.497. The molecule has 100 valence electrons. The van der Waals surface area contributed by atoms with Crippen molar-refractivity contribution in [1.29, 1.82) is 0 Å². The average Bonchev–Trinajstić information content (AvgIpc) is 2.38.